The summed E-state index contributed by atoms with van der Waals surface area (Å²) in [5.74, 6) is 0. The zero-order valence-corrected chi connectivity index (χ0v) is 10.9. The highest BCUT2D eigenvalue weighted by atomic mass is 79.9. The van der Waals surface area contributed by atoms with Crippen LogP contribution in [0.3, 0.4) is 0 Å². The van der Waals surface area contributed by atoms with Gasteiger partial charge in [0.15, 0.2) is 0 Å². The minimum atomic E-state index is 0.0754. The molecule has 1 aromatic carbocycles. The topological polar surface area (TPSA) is 29.1 Å². The van der Waals surface area contributed by atoms with Crippen molar-refractivity contribution >= 4 is 28.0 Å². The van der Waals surface area contributed by atoms with Crippen molar-refractivity contribution in [3.05, 3.63) is 28.2 Å². The summed E-state index contributed by atoms with van der Waals surface area (Å²) in [6.07, 6.45) is 1.75. The van der Waals surface area contributed by atoms with Crippen LogP contribution in [-0.2, 0) is 10.2 Å². The van der Waals surface area contributed by atoms with Crippen molar-refractivity contribution in [2.75, 3.05) is 5.32 Å². The maximum Gasteiger partial charge on any atom is 0.211 e. The quantitative estimate of drug-likeness (QED) is 0.830. The Hall–Kier alpha value is -0.830. The smallest absolute Gasteiger partial charge is 0.211 e. The molecule has 1 amide bonds. The van der Waals surface area contributed by atoms with Crippen LogP contribution in [0, 0.1) is 0 Å². The normalized spacial score (nSPS) is 11.2. The molecular weight excluding hydrogens is 254 g/mol. The molecule has 0 fully saturated rings. The molecule has 1 rings (SSSR count). The fourth-order valence-corrected chi connectivity index (χ4v) is 1.84. The molecule has 0 unspecified atom stereocenters. The lowest BCUT2D eigenvalue weighted by Crippen LogP contribution is -2.17. The molecule has 3 heteroatoms. The van der Waals surface area contributed by atoms with E-state index in [1.807, 2.05) is 12.1 Å². The number of anilines is 1. The van der Waals surface area contributed by atoms with Gasteiger partial charge in [0.2, 0.25) is 6.41 Å². The SMILES string of the molecule is CCC(C)(C)c1ccc(Br)cc1NC=O. The first-order chi connectivity index (χ1) is 7.01. The van der Waals surface area contributed by atoms with Gasteiger partial charge in [-0.1, -0.05) is 42.8 Å². The number of hydrogen-bond acceptors (Lipinski definition) is 1. The molecule has 0 spiro atoms. The molecule has 1 aromatic rings. The average molecular weight is 270 g/mol. The molecule has 0 heterocycles. The number of amides is 1. The third-order valence-electron chi connectivity index (χ3n) is 2.81. The molecule has 82 valence electrons. The van der Waals surface area contributed by atoms with Gasteiger partial charge in [0.05, 0.1) is 0 Å². The Labute approximate surface area is 99.2 Å². The minimum Gasteiger partial charge on any atom is -0.328 e. The first-order valence-corrected chi connectivity index (χ1v) is 5.81. The van der Waals surface area contributed by atoms with E-state index in [0.29, 0.717) is 0 Å². The molecule has 15 heavy (non-hydrogen) atoms. The van der Waals surface area contributed by atoms with E-state index < -0.39 is 0 Å². The number of halogens is 1. The summed E-state index contributed by atoms with van der Waals surface area (Å²) in [5.41, 5.74) is 2.12. The van der Waals surface area contributed by atoms with Crippen LogP contribution in [0.5, 0.6) is 0 Å². The highest BCUT2D eigenvalue weighted by Gasteiger charge is 2.21. The molecule has 0 saturated carbocycles. The molecule has 1 N–H and O–H groups in total. The molecule has 0 radical (unpaired) electrons. The van der Waals surface area contributed by atoms with Crippen LogP contribution in [0.1, 0.15) is 32.8 Å². The van der Waals surface area contributed by atoms with Crippen LogP contribution in [0.15, 0.2) is 22.7 Å². The molecule has 0 atom stereocenters. The van der Waals surface area contributed by atoms with Crippen LogP contribution in [0.4, 0.5) is 5.69 Å². The molecule has 2 nitrogen and oxygen atoms in total. The van der Waals surface area contributed by atoms with Crippen molar-refractivity contribution in [3.63, 3.8) is 0 Å². The van der Waals surface area contributed by atoms with Crippen molar-refractivity contribution in [3.8, 4) is 0 Å². The first-order valence-electron chi connectivity index (χ1n) is 5.01. The second-order valence-electron chi connectivity index (χ2n) is 4.19. The molecule has 0 aliphatic heterocycles. The predicted octanol–water partition coefficient (Wildman–Crippen LogP) is 3.71. The minimum absolute atomic E-state index is 0.0754. The van der Waals surface area contributed by atoms with Crippen LogP contribution in [-0.4, -0.2) is 6.41 Å². The molecule has 0 aliphatic carbocycles. The van der Waals surface area contributed by atoms with E-state index in [0.717, 1.165) is 23.0 Å². The summed E-state index contributed by atoms with van der Waals surface area (Å²) in [7, 11) is 0. The third-order valence-corrected chi connectivity index (χ3v) is 3.30. The van der Waals surface area contributed by atoms with E-state index in [2.05, 4.69) is 48.1 Å². The number of rotatable bonds is 4. The number of carbonyl (C=O) groups is 1. The maximum atomic E-state index is 10.5. The maximum absolute atomic E-state index is 10.5. The summed E-state index contributed by atoms with van der Waals surface area (Å²) in [6, 6.07) is 5.99. The first kappa shape index (κ1) is 12.2. The van der Waals surface area contributed by atoms with Crippen LogP contribution < -0.4 is 5.32 Å². The number of benzene rings is 1. The number of hydrogen-bond donors (Lipinski definition) is 1. The van der Waals surface area contributed by atoms with Gasteiger partial charge in [0.1, 0.15) is 0 Å². The third kappa shape index (κ3) is 2.81. The van der Waals surface area contributed by atoms with Crippen LogP contribution in [0.2, 0.25) is 0 Å². The van der Waals surface area contributed by atoms with E-state index in [-0.39, 0.29) is 5.41 Å². The van der Waals surface area contributed by atoms with Crippen molar-refractivity contribution in [2.45, 2.75) is 32.6 Å². The van der Waals surface area contributed by atoms with Crippen molar-refractivity contribution < 1.29 is 4.79 Å². The second kappa shape index (κ2) is 4.79. The highest BCUT2D eigenvalue weighted by molar-refractivity contribution is 9.10. The highest BCUT2D eigenvalue weighted by Crippen LogP contribution is 2.34. The van der Waals surface area contributed by atoms with Crippen molar-refractivity contribution in [1.82, 2.24) is 0 Å². The summed E-state index contributed by atoms with van der Waals surface area (Å²) in [4.78, 5) is 10.5. The van der Waals surface area contributed by atoms with E-state index in [1.54, 1.807) is 0 Å². The van der Waals surface area contributed by atoms with Gasteiger partial charge in [-0.25, -0.2) is 0 Å². The number of carbonyl (C=O) groups excluding carboxylic acids is 1. The molecule has 0 bridgehead atoms. The van der Waals surface area contributed by atoms with Crippen LogP contribution >= 0.6 is 15.9 Å². The average Bonchev–Trinajstić information content (AvgIpc) is 2.18. The largest absolute Gasteiger partial charge is 0.328 e. The van der Waals surface area contributed by atoms with Gasteiger partial charge in [-0.3, -0.25) is 4.79 Å². The lowest BCUT2D eigenvalue weighted by molar-refractivity contribution is -0.105. The molecule has 0 aliphatic rings. The lowest BCUT2D eigenvalue weighted by atomic mass is 9.81. The molecule has 0 aromatic heterocycles. The summed E-state index contributed by atoms with van der Waals surface area (Å²) < 4.78 is 0.975. The molecular formula is C12H16BrNO. The Morgan fingerprint density at radius 1 is 1.47 bits per heavy atom. The van der Waals surface area contributed by atoms with Gasteiger partial charge >= 0.3 is 0 Å². The standard InChI is InChI=1S/C12H16BrNO/c1-4-12(2,3)10-6-5-9(13)7-11(10)14-8-15/h5-8H,4H2,1-3H3,(H,14,15). The van der Waals surface area contributed by atoms with Crippen LogP contribution in [0.25, 0.3) is 0 Å². The molecule has 0 saturated heterocycles. The Morgan fingerprint density at radius 2 is 2.13 bits per heavy atom. The lowest BCUT2D eigenvalue weighted by Gasteiger charge is -2.26. The van der Waals surface area contributed by atoms with Gasteiger partial charge in [0.25, 0.3) is 0 Å². The van der Waals surface area contributed by atoms with Crippen molar-refractivity contribution in [1.29, 1.82) is 0 Å². The monoisotopic (exact) mass is 269 g/mol. The summed E-state index contributed by atoms with van der Waals surface area (Å²) >= 11 is 3.40. The van der Waals surface area contributed by atoms with Gasteiger partial charge < -0.3 is 5.32 Å². The van der Waals surface area contributed by atoms with E-state index in [9.17, 15) is 4.79 Å². The fourth-order valence-electron chi connectivity index (χ4n) is 1.48. The Bertz CT molecular complexity index is 361. The van der Waals surface area contributed by atoms with E-state index in [1.165, 1.54) is 5.56 Å². The van der Waals surface area contributed by atoms with Gasteiger partial charge in [0, 0.05) is 10.2 Å². The van der Waals surface area contributed by atoms with Gasteiger partial charge in [-0.15, -0.1) is 0 Å². The van der Waals surface area contributed by atoms with Crippen molar-refractivity contribution in [2.24, 2.45) is 0 Å². The Kier molecular flexibility index (Phi) is 3.91. The number of nitrogens with one attached hydrogen (secondary N) is 1. The predicted molar refractivity (Wildman–Crippen MR) is 67.1 cm³/mol. The summed E-state index contributed by atoms with van der Waals surface area (Å²) in [5, 5.41) is 2.75. The Morgan fingerprint density at radius 3 is 2.67 bits per heavy atom. The Balaban J connectivity index is 3.21. The zero-order valence-electron chi connectivity index (χ0n) is 9.30. The summed E-state index contributed by atoms with van der Waals surface area (Å²) in [6.45, 7) is 6.49. The van der Waals surface area contributed by atoms with Gasteiger partial charge in [-0.05, 0) is 29.5 Å². The van der Waals surface area contributed by atoms with E-state index in [4.69, 9.17) is 0 Å². The fraction of sp³-hybridized carbons (Fsp3) is 0.417. The van der Waals surface area contributed by atoms with Gasteiger partial charge in [-0.2, -0.15) is 0 Å². The van der Waals surface area contributed by atoms with E-state index >= 15 is 0 Å². The second-order valence-corrected chi connectivity index (χ2v) is 5.11. The zero-order chi connectivity index (χ0) is 11.5.